The highest BCUT2D eigenvalue weighted by Gasteiger charge is 2.31. The van der Waals surface area contributed by atoms with E-state index in [0.29, 0.717) is 12.5 Å². The maximum Gasteiger partial charge on any atom is 0.235 e. The molecule has 1 aromatic heterocycles. The number of pyridine rings is 1. The van der Waals surface area contributed by atoms with Crippen molar-refractivity contribution in [3.63, 3.8) is 0 Å². The van der Waals surface area contributed by atoms with E-state index in [1.165, 1.54) is 0 Å². The number of ether oxygens (including phenoxy) is 1. The number of hydrogen-bond donors (Lipinski definition) is 0. The van der Waals surface area contributed by atoms with Gasteiger partial charge in [0.05, 0.1) is 23.1 Å². The number of aromatic nitrogens is 1. The molecule has 26 heavy (non-hydrogen) atoms. The fourth-order valence-electron chi connectivity index (χ4n) is 2.92. The molecule has 136 valence electrons. The predicted molar refractivity (Wildman–Crippen MR) is 108 cm³/mol. The van der Waals surface area contributed by atoms with E-state index < -0.39 is 0 Å². The van der Waals surface area contributed by atoms with Crippen molar-refractivity contribution in [2.75, 3.05) is 6.61 Å². The second-order valence-electron chi connectivity index (χ2n) is 7.97. The highest BCUT2D eigenvalue weighted by Crippen LogP contribution is 2.27. The van der Waals surface area contributed by atoms with Crippen LogP contribution < -0.4 is 0 Å². The summed E-state index contributed by atoms with van der Waals surface area (Å²) in [4.78, 5) is 14.3. The SMILES string of the molecule is CC(=Nc1c(C)cccc1C)c1cccc(C2=NC(C(C)(C)C)CO2)n1. The summed E-state index contributed by atoms with van der Waals surface area (Å²) in [7, 11) is 0. The van der Waals surface area contributed by atoms with Crippen molar-refractivity contribution in [1.29, 1.82) is 0 Å². The van der Waals surface area contributed by atoms with Crippen LogP contribution in [-0.4, -0.2) is 29.2 Å². The normalized spacial score (nSPS) is 17.8. The Hall–Kier alpha value is -2.49. The summed E-state index contributed by atoms with van der Waals surface area (Å²) < 4.78 is 5.82. The zero-order valence-corrected chi connectivity index (χ0v) is 16.5. The van der Waals surface area contributed by atoms with Gasteiger partial charge in [0.2, 0.25) is 5.90 Å². The molecule has 0 N–H and O–H groups in total. The lowest BCUT2D eigenvalue weighted by Crippen LogP contribution is -2.25. The van der Waals surface area contributed by atoms with Gasteiger partial charge in [-0.25, -0.2) is 9.98 Å². The molecule has 0 aliphatic carbocycles. The summed E-state index contributed by atoms with van der Waals surface area (Å²) in [6.45, 7) is 13.3. The first-order valence-electron chi connectivity index (χ1n) is 9.05. The molecule has 1 aliphatic heterocycles. The van der Waals surface area contributed by atoms with E-state index in [1.54, 1.807) is 0 Å². The molecule has 0 saturated carbocycles. The maximum atomic E-state index is 5.82. The summed E-state index contributed by atoms with van der Waals surface area (Å²) in [5.41, 5.74) is 5.92. The quantitative estimate of drug-likeness (QED) is 0.730. The van der Waals surface area contributed by atoms with Gasteiger partial charge in [-0.05, 0) is 49.4 Å². The van der Waals surface area contributed by atoms with Gasteiger partial charge in [0.1, 0.15) is 12.3 Å². The van der Waals surface area contributed by atoms with Crippen LogP contribution in [0.1, 0.15) is 50.2 Å². The van der Waals surface area contributed by atoms with Crippen LogP contribution >= 0.6 is 0 Å². The minimum atomic E-state index is 0.0824. The summed E-state index contributed by atoms with van der Waals surface area (Å²) in [5.74, 6) is 0.631. The van der Waals surface area contributed by atoms with Crippen molar-refractivity contribution >= 4 is 17.3 Å². The first kappa shape index (κ1) is 18.3. The molecule has 2 heterocycles. The second kappa shape index (κ2) is 7.02. The second-order valence-corrected chi connectivity index (χ2v) is 7.97. The van der Waals surface area contributed by atoms with Crippen molar-refractivity contribution < 1.29 is 4.74 Å². The largest absolute Gasteiger partial charge is 0.474 e. The Labute approximate surface area is 156 Å². The molecule has 0 saturated heterocycles. The summed E-state index contributed by atoms with van der Waals surface area (Å²) in [5, 5.41) is 0. The Morgan fingerprint density at radius 1 is 1.08 bits per heavy atom. The smallest absolute Gasteiger partial charge is 0.235 e. The van der Waals surface area contributed by atoms with Crippen LogP contribution in [0.3, 0.4) is 0 Å². The number of nitrogens with zero attached hydrogens (tertiary/aromatic N) is 3. The van der Waals surface area contributed by atoms with E-state index in [1.807, 2.05) is 25.1 Å². The molecular weight excluding hydrogens is 322 g/mol. The standard InChI is InChI=1S/C22H27N3O/c1-14-9-7-10-15(2)20(14)23-16(3)17-11-8-12-18(24-17)21-25-19(13-26-21)22(4,5)6/h7-12,19H,13H2,1-6H3. The molecular formula is C22H27N3O. The zero-order valence-electron chi connectivity index (χ0n) is 16.5. The molecule has 3 rings (SSSR count). The monoisotopic (exact) mass is 349 g/mol. The number of hydrogen-bond acceptors (Lipinski definition) is 4. The highest BCUT2D eigenvalue weighted by molar-refractivity contribution is 6.00. The van der Waals surface area contributed by atoms with Gasteiger partial charge in [-0.3, -0.25) is 4.99 Å². The third kappa shape index (κ3) is 3.85. The minimum Gasteiger partial charge on any atom is -0.474 e. The molecule has 1 unspecified atom stereocenters. The van der Waals surface area contributed by atoms with Gasteiger partial charge in [0.25, 0.3) is 0 Å². The van der Waals surface area contributed by atoms with Crippen LogP contribution in [0.5, 0.6) is 0 Å². The fourth-order valence-corrected chi connectivity index (χ4v) is 2.92. The topological polar surface area (TPSA) is 46.8 Å². The average molecular weight is 349 g/mol. The van der Waals surface area contributed by atoms with Crippen molar-refractivity contribution in [2.45, 2.75) is 47.6 Å². The first-order valence-corrected chi connectivity index (χ1v) is 9.05. The average Bonchev–Trinajstić information content (AvgIpc) is 3.09. The number of benzene rings is 1. The number of para-hydroxylation sites is 1. The van der Waals surface area contributed by atoms with Crippen molar-refractivity contribution in [3.8, 4) is 0 Å². The molecule has 1 atom stereocenters. The molecule has 1 aliphatic rings. The van der Waals surface area contributed by atoms with Gasteiger partial charge >= 0.3 is 0 Å². The van der Waals surface area contributed by atoms with Crippen LogP contribution in [-0.2, 0) is 4.74 Å². The predicted octanol–water partition coefficient (Wildman–Crippen LogP) is 5.03. The van der Waals surface area contributed by atoms with E-state index >= 15 is 0 Å². The summed E-state index contributed by atoms with van der Waals surface area (Å²) in [6, 6.07) is 12.3. The molecule has 1 aromatic carbocycles. The van der Waals surface area contributed by atoms with E-state index in [9.17, 15) is 0 Å². The number of aliphatic imine (C=N–C) groups is 2. The highest BCUT2D eigenvalue weighted by atomic mass is 16.5. The van der Waals surface area contributed by atoms with E-state index in [-0.39, 0.29) is 11.5 Å². The van der Waals surface area contributed by atoms with Crippen LogP contribution in [0.15, 0.2) is 46.4 Å². The number of rotatable bonds is 3. The van der Waals surface area contributed by atoms with Crippen LogP contribution in [0.4, 0.5) is 5.69 Å². The van der Waals surface area contributed by atoms with Gasteiger partial charge < -0.3 is 4.74 Å². The molecule has 0 radical (unpaired) electrons. The van der Waals surface area contributed by atoms with Crippen LogP contribution in [0, 0.1) is 19.3 Å². The van der Waals surface area contributed by atoms with Gasteiger partial charge in [0.15, 0.2) is 0 Å². The number of aryl methyl sites for hydroxylation is 2. The minimum absolute atomic E-state index is 0.0824. The van der Waals surface area contributed by atoms with E-state index in [4.69, 9.17) is 19.7 Å². The Kier molecular flexibility index (Phi) is 4.94. The van der Waals surface area contributed by atoms with Gasteiger partial charge in [0, 0.05) is 0 Å². The van der Waals surface area contributed by atoms with Crippen molar-refractivity contribution in [1.82, 2.24) is 4.98 Å². The van der Waals surface area contributed by atoms with E-state index in [2.05, 4.69) is 52.8 Å². The lowest BCUT2D eigenvalue weighted by Gasteiger charge is -2.21. The van der Waals surface area contributed by atoms with Gasteiger partial charge in [-0.2, -0.15) is 0 Å². The molecule has 0 spiro atoms. The third-order valence-corrected chi connectivity index (χ3v) is 4.71. The molecule has 2 aromatic rings. The molecule has 4 nitrogen and oxygen atoms in total. The van der Waals surface area contributed by atoms with E-state index in [0.717, 1.165) is 33.9 Å². The van der Waals surface area contributed by atoms with Crippen LogP contribution in [0.25, 0.3) is 0 Å². The Morgan fingerprint density at radius 2 is 1.73 bits per heavy atom. The maximum absolute atomic E-state index is 5.82. The Morgan fingerprint density at radius 3 is 2.35 bits per heavy atom. The lowest BCUT2D eigenvalue weighted by molar-refractivity contribution is 0.235. The zero-order chi connectivity index (χ0) is 18.9. The molecule has 0 fully saturated rings. The molecule has 4 heteroatoms. The Bertz CT molecular complexity index is 855. The van der Waals surface area contributed by atoms with Crippen molar-refractivity contribution in [3.05, 3.63) is 58.9 Å². The molecule has 0 amide bonds. The van der Waals surface area contributed by atoms with Crippen molar-refractivity contribution in [2.24, 2.45) is 15.4 Å². The Balaban J connectivity index is 1.92. The lowest BCUT2D eigenvalue weighted by atomic mass is 9.88. The first-order chi connectivity index (χ1) is 12.3. The van der Waals surface area contributed by atoms with Gasteiger partial charge in [-0.1, -0.05) is 45.0 Å². The molecule has 0 bridgehead atoms. The van der Waals surface area contributed by atoms with Crippen LogP contribution in [0.2, 0.25) is 0 Å². The third-order valence-electron chi connectivity index (χ3n) is 4.71. The van der Waals surface area contributed by atoms with Gasteiger partial charge in [-0.15, -0.1) is 0 Å². The summed E-state index contributed by atoms with van der Waals surface area (Å²) >= 11 is 0. The fraction of sp³-hybridized carbons (Fsp3) is 0.409. The summed E-state index contributed by atoms with van der Waals surface area (Å²) in [6.07, 6.45) is 0.